The monoisotopic (exact) mass is 153 g/mol. The average molecular weight is 153 g/mol. The molecule has 2 unspecified atom stereocenters. The van der Waals surface area contributed by atoms with E-state index in [1.165, 1.54) is 18.4 Å². The third-order valence-electron chi connectivity index (χ3n) is 2.55. The molecule has 2 heteroatoms. The lowest BCUT2D eigenvalue weighted by Gasteiger charge is -2.36. The van der Waals surface area contributed by atoms with Gasteiger partial charge in [0.25, 0.3) is 0 Å². The summed E-state index contributed by atoms with van der Waals surface area (Å²) in [5.41, 5.74) is 1.33. The van der Waals surface area contributed by atoms with Crippen LogP contribution in [0.15, 0.2) is 12.2 Å². The fourth-order valence-corrected chi connectivity index (χ4v) is 1.97. The Bertz CT molecular complexity index is 167. The summed E-state index contributed by atoms with van der Waals surface area (Å²) in [6, 6.07) is 0. The van der Waals surface area contributed by atoms with Crippen molar-refractivity contribution >= 4 is 0 Å². The van der Waals surface area contributed by atoms with E-state index in [9.17, 15) is 0 Å². The van der Waals surface area contributed by atoms with E-state index in [1.807, 2.05) is 0 Å². The Kier molecular flexibility index (Phi) is 1.96. The molecule has 2 saturated heterocycles. The first kappa shape index (κ1) is 7.32. The van der Waals surface area contributed by atoms with Crippen molar-refractivity contribution in [2.45, 2.75) is 25.5 Å². The van der Waals surface area contributed by atoms with Crippen molar-refractivity contribution in [3.05, 3.63) is 12.2 Å². The zero-order chi connectivity index (χ0) is 7.68. The van der Waals surface area contributed by atoms with E-state index >= 15 is 0 Å². The molecule has 2 aliphatic heterocycles. The third-order valence-corrected chi connectivity index (χ3v) is 2.55. The van der Waals surface area contributed by atoms with Crippen molar-refractivity contribution in [2.24, 2.45) is 5.92 Å². The summed E-state index contributed by atoms with van der Waals surface area (Å²) in [5, 5.41) is 3.35. The molecular weight excluding hydrogens is 138 g/mol. The van der Waals surface area contributed by atoms with Crippen LogP contribution in [0.2, 0.25) is 0 Å². The number of hydrogen-bond donors (Lipinski definition) is 1. The molecule has 2 nitrogen and oxygen atoms in total. The molecule has 2 rings (SSSR count). The van der Waals surface area contributed by atoms with Gasteiger partial charge < -0.3 is 4.74 Å². The van der Waals surface area contributed by atoms with Crippen LogP contribution >= 0.6 is 0 Å². The van der Waals surface area contributed by atoms with Crippen LogP contribution in [0.4, 0.5) is 0 Å². The first-order chi connectivity index (χ1) is 5.36. The van der Waals surface area contributed by atoms with Crippen molar-refractivity contribution < 1.29 is 4.74 Å². The predicted molar refractivity (Wildman–Crippen MR) is 44.2 cm³/mol. The molecule has 2 fully saturated rings. The molecule has 0 amide bonds. The van der Waals surface area contributed by atoms with Gasteiger partial charge in [-0.2, -0.15) is 0 Å². The van der Waals surface area contributed by atoms with E-state index in [0.29, 0.717) is 12.1 Å². The number of piperidine rings is 1. The highest BCUT2D eigenvalue weighted by Gasteiger charge is 2.29. The highest BCUT2D eigenvalue weighted by atomic mass is 16.5. The number of ether oxygens (including phenoxy) is 1. The number of hydrogen-bond acceptors (Lipinski definition) is 2. The summed E-state index contributed by atoms with van der Waals surface area (Å²) >= 11 is 0. The van der Waals surface area contributed by atoms with Gasteiger partial charge in [-0.15, -0.1) is 0 Å². The van der Waals surface area contributed by atoms with Crippen molar-refractivity contribution in [1.82, 2.24) is 5.32 Å². The number of fused-ring (bicyclic) bond motifs is 1. The first-order valence-corrected chi connectivity index (χ1v) is 4.38. The molecule has 0 saturated carbocycles. The van der Waals surface area contributed by atoms with Gasteiger partial charge >= 0.3 is 0 Å². The topological polar surface area (TPSA) is 21.3 Å². The van der Waals surface area contributed by atoms with Gasteiger partial charge in [-0.25, -0.2) is 0 Å². The van der Waals surface area contributed by atoms with Crippen molar-refractivity contribution in [1.29, 1.82) is 0 Å². The summed E-state index contributed by atoms with van der Waals surface area (Å²) in [5.74, 6) is 0.699. The quantitative estimate of drug-likeness (QED) is 0.529. The van der Waals surface area contributed by atoms with Gasteiger partial charge in [0.2, 0.25) is 0 Å². The third kappa shape index (κ3) is 1.47. The molecule has 1 N–H and O–H groups in total. The fourth-order valence-electron chi connectivity index (χ4n) is 1.97. The highest BCUT2D eigenvalue weighted by Crippen LogP contribution is 2.27. The Labute approximate surface area is 67.6 Å². The highest BCUT2D eigenvalue weighted by molar-refractivity contribution is 5.04. The molecule has 62 valence electrons. The Balaban J connectivity index is 1.98. The Morgan fingerprint density at radius 2 is 2.45 bits per heavy atom. The van der Waals surface area contributed by atoms with Crippen molar-refractivity contribution in [3.63, 3.8) is 0 Å². The standard InChI is InChI=1S/C9H15NO/c1-7-5-8-3-2-4-11-9(8)10-6-7/h8-10H,1-6H2. The molecule has 0 aromatic rings. The molecule has 0 spiro atoms. The SMILES string of the molecule is C=C1CNC2OCCCC2C1. The zero-order valence-corrected chi connectivity index (χ0v) is 6.81. The maximum atomic E-state index is 5.58. The van der Waals surface area contributed by atoms with Crippen LogP contribution in [0.5, 0.6) is 0 Å². The largest absolute Gasteiger partial charge is 0.363 e. The van der Waals surface area contributed by atoms with Gasteiger partial charge in [0.1, 0.15) is 6.23 Å². The van der Waals surface area contributed by atoms with Crippen LogP contribution < -0.4 is 5.32 Å². The second-order valence-electron chi connectivity index (χ2n) is 3.53. The molecule has 0 bridgehead atoms. The van der Waals surface area contributed by atoms with E-state index in [1.54, 1.807) is 0 Å². The zero-order valence-electron chi connectivity index (χ0n) is 6.81. The molecule has 2 heterocycles. The normalized spacial score (nSPS) is 38.4. The van der Waals surface area contributed by atoms with Gasteiger partial charge in [0.15, 0.2) is 0 Å². The molecule has 0 aromatic heterocycles. The van der Waals surface area contributed by atoms with Crippen LogP contribution in [0.3, 0.4) is 0 Å². The van der Waals surface area contributed by atoms with Gasteiger partial charge in [0.05, 0.1) is 0 Å². The second kappa shape index (κ2) is 2.95. The maximum Gasteiger partial charge on any atom is 0.111 e. The second-order valence-corrected chi connectivity index (χ2v) is 3.53. The fraction of sp³-hybridized carbons (Fsp3) is 0.778. The van der Waals surface area contributed by atoms with Gasteiger partial charge in [-0.05, 0) is 19.3 Å². The minimum atomic E-state index is 0.328. The maximum absolute atomic E-state index is 5.58. The Hall–Kier alpha value is -0.340. The van der Waals surface area contributed by atoms with Crippen LogP contribution in [0.1, 0.15) is 19.3 Å². The summed E-state index contributed by atoms with van der Waals surface area (Å²) in [6.45, 7) is 5.86. The number of nitrogens with one attached hydrogen (secondary N) is 1. The molecule has 2 atom stereocenters. The van der Waals surface area contributed by atoms with E-state index in [2.05, 4.69) is 11.9 Å². The van der Waals surface area contributed by atoms with Crippen LogP contribution in [-0.2, 0) is 4.74 Å². The van der Waals surface area contributed by atoms with Gasteiger partial charge in [-0.3, -0.25) is 5.32 Å². The van der Waals surface area contributed by atoms with E-state index < -0.39 is 0 Å². The molecule has 11 heavy (non-hydrogen) atoms. The van der Waals surface area contributed by atoms with E-state index in [-0.39, 0.29) is 0 Å². The van der Waals surface area contributed by atoms with E-state index in [4.69, 9.17) is 4.74 Å². The van der Waals surface area contributed by atoms with Crippen LogP contribution in [0, 0.1) is 5.92 Å². The number of rotatable bonds is 0. The van der Waals surface area contributed by atoms with Gasteiger partial charge in [0, 0.05) is 19.1 Å². The minimum absolute atomic E-state index is 0.328. The summed E-state index contributed by atoms with van der Waals surface area (Å²) in [7, 11) is 0. The summed E-state index contributed by atoms with van der Waals surface area (Å²) in [4.78, 5) is 0. The summed E-state index contributed by atoms with van der Waals surface area (Å²) < 4.78 is 5.58. The first-order valence-electron chi connectivity index (χ1n) is 4.38. The lowest BCUT2D eigenvalue weighted by molar-refractivity contribution is -0.0526. The summed E-state index contributed by atoms with van der Waals surface area (Å²) in [6.07, 6.45) is 4.01. The molecule has 0 aromatic carbocycles. The lowest BCUT2D eigenvalue weighted by atomic mass is 9.89. The van der Waals surface area contributed by atoms with E-state index in [0.717, 1.165) is 19.6 Å². The van der Waals surface area contributed by atoms with Crippen molar-refractivity contribution in [3.8, 4) is 0 Å². The predicted octanol–water partition coefficient (Wildman–Crippen LogP) is 1.29. The molecule has 2 aliphatic rings. The van der Waals surface area contributed by atoms with Crippen molar-refractivity contribution in [2.75, 3.05) is 13.2 Å². The Morgan fingerprint density at radius 1 is 1.55 bits per heavy atom. The minimum Gasteiger partial charge on any atom is -0.363 e. The molecule has 0 radical (unpaired) electrons. The Morgan fingerprint density at radius 3 is 3.36 bits per heavy atom. The van der Waals surface area contributed by atoms with Crippen LogP contribution in [0.25, 0.3) is 0 Å². The molecule has 0 aliphatic carbocycles. The average Bonchev–Trinajstić information content (AvgIpc) is 2.04. The lowest BCUT2D eigenvalue weighted by Crippen LogP contribution is -2.46. The van der Waals surface area contributed by atoms with Crippen LogP contribution in [-0.4, -0.2) is 19.4 Å². The smallest absolute Gasteiger partial charge is 0.111 e. The van der Waals surface area contributed by atoms with Gasteiger partial charge in [-0.1, -0.05) is 12.2 Å². The molecular formula is C9H15NO.